The summed E-state index contributed by atoms with van der Waals surface area (Å²) in [7, 11) is 0. The van der Waals surface area contributed by atoms with Gasteiger partial charge in [0.25, 0.3) is 0 Å². The SMILES string of the molecule is N#C/C=C/c1cc(C(F)(F)F)ccc1C(F)(F)F. The van der Waals surface area contributed by atoms with Gasteiger partial charge in [-0.3, -0.25) is 0 Å². The summed E-state index contributed by atoms with van der Waals surface area (Å²) in [4.78, 5) is 0. The number of allylic oxidation sites excluding steroid dienone is 1. The van der Waals surface area contributed by atoms with Gasteiger partial charge in [-0.15, -0.1) is 0 Å². The second-order valence-corrected chi connectivity index (χ2v) is 3.26. The van der Waals surface area contributed by atoms with Crippen LogP contribution in [-0.4, -0.2) is 0 Å². The van der Waals surface area contributed by atoms with Gasteiger partial charge in [0, 0.05) is 6.08 Å². The first-order valence-electron chi connectivity index (χ1n) is 4.51. The first kappa shape index (κ1) is 14.1. The molecule has 0 bridgehead atoms. The molecule has 0 saturated carbocycles. The van der Waals surface area contributed by atoms with Crippen molar-refractivity contribution in [2.75, 3.05) is 0 Å². The number of nitrogens with zero attached hydrogens (tertiary/aromatic N) is 1. The van der Waals surface area contributed by atoms with E-state index < -0.39 is 29.0 Å². The Kier molecular flexibility index (Phi) is 3.70. The number of hydrogen-bond donors (Lipinski definition) is 0. The van der Waals surface area contributed by atoms with Gasteiger partial charge in [-0.05, 0) is 29.8 Å². The Morgan fingerprint density at radius 2 is 1.61 bits per heavy atom. The number of benzene rings is 1. The average Bonchev–Trinajstić information content (AvgIpc) is 2.23. The van der Waals surface area contributed by atoms with Gasteiger partial charge in [0.15, 0.2) is 0 Å². The summed E-state index contributed by atoms with van der Waals surface area (Å²) in [6.07, 6.45) is -8.14. The van der Waals surface area contributed by atoms with Crippen molar-refractivity contribution in [1.29, 1.82) is 5.26 Å². The van der Waals surface area contributed by atoms with E-state index in [2.05, 4.69) is 0 Å². The number of halogens is 6. The van der Waals surface area contributed by atoms with E-state index in [-0.39, 0.29) is 0 Å². The standard InChI is InChI=1S/C11H5F6N/c12-10(13,14)8-3-4-9(11(15,16)17)7(6-8)2-1-5-18/h1-4,6H/b2-1+. The highest BCUT2D eigenvalue weighted by molar-refractivity contribution is 5.58. The van der Waals surface area contributed by atoms with E-state index in [0.29, 0.717) is 30.4 Å². The Balaban J connectivity index is 3.40. The molecule has 0 spiro atoms. The van der Waals surface area contributed by atoms with E-state index >= 15 is 0 Å². The van der Waals surface area contributed by atoms with E-state index in [1.165, 1.54) is 6.07 Å². The van der Waals surface area contributed by atoms with E-state index in [1.54, 1.807) is 0 Å². The van der Waals surface area contributed by atoms with E-state index in [4.69, 9.17) is 5.26 Å². The zero-order chi connectivity index (χ0) is 14.0. The molecule has 1 aromatic carbocycles. The molecule has 0 N–H and O–H groups in total. The van der Waals surface area contributed by atoms with E-state index in [1.807, 2.05) is 0 Å². The third-order valence-electron chi connectivity index (χ3n) is 2.02. The molecule has 1 rings (SSSR count). The van der Waals surface area contributed by atoms with Gasteiger partial charge in [-0.2, -0.15) is 31.6 Å². The number of alkyl halides is 6. The van der Waals surface area contributed by atoms with Gasteiger partial charge in [0.1, 0.15) is 0 Å². The molecule has 0 heterocycles. The normalized spacial score (nSPS) is 12.7. The molecule has 96 valence electrons. The van der Waals surface area contributed by atoms with Crippen molar-refractivity contribution in [2.24, 2.45) is 0 Å². The molecule has 0 aromatic heterocycles. The van der Waals surface area contributed by atoms with Crippen molar-refractivity contribution in [3.05, 3.63) is 41.0 Å². The topological polar surface area (TPSA) is 23.8 Å². The maximum Gasteiger partial charge on any atom is 0.416 e. The lowest BCUT2D eigenvalue weighted by molar-refractivity contribution is -0.141. The Morgan fingerprint density at radius 3 is 2.06 bits per heavy atom. The zero-order valence-electron chi connectivity index (χ0n) is 8.60. The summed E-state index contributed by atoms with van der Waals surface area (Å²) < 4.78 is 74.6. The summed E-state index contributed by atoms with van der Waals surface area (Å²) in [5.41, 5.74) is -3.12. The van der Waals surface area contributed by atoms with E-state index in [0.717, 1.165) is 0 Å². The number of hydrogen-bond acceptors (Lipinski definition) is 1. The van der Waals surface area contributed by atoms with Crippen molar-refractivity contribution in [3.8, 4) is 6.07 Å². The van der Waals surface area contributed by atoms with Crippen LogP contribution in [0.3, 0.4) is 0 Å². The lowest BCUT2D eigenvalue weighted by Crippen LogP contribution is -2.11. The molecular weight excluding hydrogens is 260 g/mol. The molecule has 1 aromatic rings. The second-order valence-electron chi connectivity index (χ2n) is 3.26. The number of rotatable bonds is 1. The van der Waals surface area contributed by atoms with Crippen LogP contribution in [0.15, 0.2) is 24.3 Å². The molecular formula is C11H5F6N. The molecule has 0 amide bonds. The number of nitriles is 1. The van der Waals surface area contributed by atoms with Crippen molar-refractivity contribution < 1.29 is 26.3 Å². The monoisotopic (exact) mass is 265 g/mol. The highest BCUT2D eigenvalue weighted by Gasteiger charge is 2.36. The molecule has 0 fully saturated rings. The molecule has 0 radical (unpaired) electrons. The molecule has 18 heavy (non-hydrogen) atoms. The van der Waals surface area contributed by atoms with Crippen molar-refractivity contribution in [3.63, 3.8) is 0 Å². The fourth-order valence-corrected chi connectivity index (χ4v) is 1.26. The second kappa shape index (κ2) is 4.72. The third-order valence-corrected chi connectivity index (χ3v) is 2.02. The van der Waals surface area contributed by atoms with E-state index in [9.17, 15) is 26.3 Å². The van der Waals surface area contributed by atoms with Crippen LogP contribution in [0, 0.1) is 11.3 Å². The summed E-state index contributed by atoms with van der Waals surface area (Å²) in [6.45, 7) is 0. The summed E-state index contributed by atoms with van der Waals surface area (Å²) in [5.74, 6) is 0. The van der Waals surface area contributed by atoms with Crippen LogP contribution in [0.4, 0.5) is 26.3 Å². The summed E-state index contributed by atoms with van der Waals surface area (Å²) in [5, 5.41) is 8.21. The summed E-state index contributed by atoms with van der Waals surface area (Å²) in [6, 6.07) is 2.48. The predicted molar refractivity (Wildman–Crippen MR) is 51.1 cm³/mol. The van der Waals surface area contributed by atoms with Crippen LogP contribution in [-0.2, 0) is 12.4 Å². The largest absolute Gasteiger partial charge is 0.416 e. The quantitative estimate of drug-likeness (QED) is 0.549. The lowest BCUT2D eigenvalue weighted by Gasteiger charge is -2.13. The summed E-state index contributed by atoms with van der Waals surface area (Å²) >= 11 is 0. The van der Waals surface area contributed by atoms with Crippen LogP contribution < -0.4 is 0 Å². The van der Waals surface area contributed by atoms with Crippen LogP contribution >= 0.6 is 0 Å². The molecule has 1 nitrogen and oxygen atoms in total. The van der Waals surface area contributed by atoms with Crippen LogP contribution in [0.2, 0.25) is 0 Å². The lowest BCUT2D eigenvalue weighted by atomic mass is 10.0. The minimum Gasteiger partial charge on any atom is -0.193 e. The highest BCUT2D eigenvalue weighted by atomic mass is 19.4. The van der Waals surface area contributed by atoms with Crippen LogP contribution in [0.5, 0.6) is 0 Å². The van der Waals surface area contributed by atoms with Gasteiger partial charge in [-0.25, -0.2) is 0 Å². The van der Waals surface area contributed by atoms with Crippen molar-refractivity contribution >= 4 is 6.08 Å². The first-order valence-corrected chi connectivity index (χ1v) is 4.51. The third kappa shape index (κ3) is 3.26. The zero-order valence-corrected chi connectivity index (χ0v) is 8.60. The van der Waals surface area contributed by atoms with Gasteiger partial charge >= 0.3 is 12.4 Å². The maximum absolute atomic E-state index is 12.5. The maximum atomic E-state index is 12.5. The fraction of sp³-hybridized carbons (Fsp3) is 0.182. The molecule has 0 aliphatic heterocycles. The predicted octanol–water partition coefficient (Wildman–Crippen LogP) is 4.26. The van der Waals surface area contributed by atoms with Crippen LogP contribution in [0.1, 0.15) is 16.7 Å². The minimum atomic E-state index is -4.78. The highest BCUT2D eigenvalue weighted by Crippen LogP contribution is 2.36. The smallest absolute Gasteiger partial charge is 0.193 e. The molecule has 7 heteroatoms. The van der Waals surface area contributed by atoms with Crippen LogP contribution in [0.25, 0.3) is 6.08 Å². The van der Waals surface area contributed by atoms with Crippen molar-refractivity contribution in [2.45, 2.75) is 12.4 Å². The molecule has 0 aliphatic carbocycles. The molecule has 0 saturated heterocycles. The molecule has 0 atom stereocenters. The minimum absolute atomic E-state index is 0.347. The Hall–Kier alpha value is -1.97. The van der Waals surface area contributed by atoms with Gasteiger partial charge in [0.2, 0.25) is 0 Å². The Bertz CT molecular complexity index is 504. The van der Waals surface area contributed by atoms with Gasteiger partial charge in [0.05, 0.1) is 17.2 Å². The molecule has 0 aliphatic rings. The average molecular weight is 265 g/mol. The van der Waals surface area contributed by atoms with Gasteiger partial charge in [-0.1, -0.05) is 0 Å². The molecule has 0 unspecified atom stereocenters. The Labute approximate surface area is 98.0 Å². The Morgan fingerprint density at radius 1 is 1.00 bits per heavy atom. The first-order chi connectivity index (χ1) is 8.16. The van der Waals surface area contributed by atoms with Crippen molar-refractivity contribution in [1.82, 2.24) is 0 Å². The van der Waals surface area contributed by atoms with Gasteiger partial charge < -0.3 is 0 Å². The fourth-order valence-electron chi connectivity index (χ4n) is 1.26.